The van der Waals surface area contributed by atoms with E-state index in [1.807, 2.05) is 36.4 Å². The highest BCUT2D eigenvalue weighted by Gasteiger charge is 2.08. The van der Waals surface area contributed by atoms with Crippen LogP contribution in [-0.2, 0) is 0 Å². The van der Waals surface area contributed by atoms with Gasteiger partial charge in [0.1, 0.15) is 5.01 Å². The smallest absolute Gasteiger partial charge is 0.126 e. The van der Waals surface area contributed by atoms with Crippen LogP contribution < -0.4 is 5.73 Å². The van der Waals surface area contributed by atoms with Gasteiger partial charge in [0.2, 0.25) is 0 Å². The number of benzene rings is 2. The molecule has 0 saturated carbocycles. The number of halogens is 1. The van der Waals surface area contributed by atoms with Crippen molar-refractivity contribution in [2.75, 3.05) is 5.73 Å². The largest absolute Gasteiger partial charge is 0.398 e. The van der Waals surface area contributed by atoms with Crippen LogP contribution >= 0.6 is 27.3 Å². The van der Waals surface area contributed by atoms with Crippen molar-refractivity contribution in [3.63, 3.8) is 0 Å². The van der Waals surface area contributed by atoms with Gasteiger partial charge < -0.3 is 5.73 Å². The second-order valence-electron chi connectivity index (χ2n) is 3.72. The third-order valence-corrected chi connectivity index (χ3v) is 4.10. The summed E-state index contributed by atoms with van der Waals surface area (Å²) in [6.45, 7) is 0. The maximum Gasteiger partial charge on any atom is 0.126 e. The Morgan fingerprint density at radius 2 is 1.94 bits per heavy atom. The van der Waals surface area contributed by atoms with E-state index in [-0.39, 0.29) is 0 Å². The van der Waals surface area contributed by atoms with Crippen molar-refractivity contribution < 1.29 is 0 Å². The third-order valence-electron chi connectivity index (χ3n) is 2.54. The second-order valence-corrected chi connectivity index (χ2v) is 5.66. The average molecular weight is 305 g/mol. The Morgan fingerprint density at radius 1 is 1.12 bits per heavy atom. The lowest BCUT2D eigenvalue weighted by atomic mass is 10.2. The van der Waals surface area contributed by atoms with Crippen LogP contribution in [0.15, 0.2) is 46.9 Å². The number of rotatable bonds is 1. The number of aromatic nitrogens is 1. The summed E-state index contributed by atoms with van der Waals surface area (Å²) in [6, 6.07) is 14.0. The standard InChI is InChI=1S/C13H9BrN2S/c14-8-5-6-9(10(15)7-8)13-16-11-3-1-2-4-12(11)17-13/h1-7H,15H2. The summed E-state index contributed by atoms with van der Waals surface area (Å²) in [4.78, 5) is 4.60. The van der Waals surface area contributed by atoms with E-state index in [0.717, 1.165) is 26.2 Å². The molecule has 0 amide bonds. The van der Waals surface area contributed by atoms with E-state index >= 15 is 0 Å². The third kappa shape index (κ3) is 1.94. The molecule has 0 saturated heterocycles. The van der Waals surface area contributed by atoms with Crippen molar-refractivity contribution in [2.45, 2.75) is 0 Å². The van der Waals surface area contributed by atoms with Gasteiger partial charge in [0.15, 0.2) is 0 Å². The summed E-state index contributed by atoms with van der Waals surface area (Å²) in [5.74, 6) is 0. The molecule has 0 aliphatic carbocycles. The summed E-state index contributed by atoms with van der Waals surface area (Å²) in [6.07, 6.45) is 0. The van der Waals surface area contributed by atoms with Gasteiger partial charge in [-0.3, -0.25) is 0 Å². The van der Waals surface area contributed by atoms with Crippen molar-refractivity contribution in [3.8, 4) is 10.6 Å². The van der Waals surface area contributed by atoms with Gasteiger partial charge in [-0.05, 0) is 30.3 Å². The summed E-state index contributed by atoms with van der Waals surface area (Å²) in [5, 5.41) is 0.969. The molecule has 0 spiro atoms. The summed E-state index contributed by atoms with van der Waals surface area (Å²) in [5.41, 5.74) is 8.78. The number of nitrogens with zero attached hydrogens (tertiary/aromatic N) is 1. The number of fused-ring (bicyclic) bond motifs is 1. The minimum atomic E-state index is 0.749. The number of nitrogens with two attached hydrogens (primary N) is 1. The van der Waals surface area contributed by atoms with Crippen molar-refractivity contribution in [1.29, 1.82) is 0 Å². The van der Waals surface area contributed by atoms with Crippen molar-refractivity contribution in [1.82, 2.24) is 4.98 Å². The van der Waals surface area contributed by atoms with Crippen LogP contribution in [0, 0.1) is 0 Å². The van der Waals surface area contributed by atoms with Crippen LogP contribution in [0.1, 0.15) is 0 Å². The molecular weight excluding hydrogens is 296 g/mol. The van der Waals surface area contributed by atoms with E-state index in [1.165, 1.54) is 4.70 Å². The number of para-hydroxylation sites is 1. The lowest BCUT2D eigenvalue weighted by molar-refractivity contribution is 1.47. The predicted octanol–water partition coefficient (Wildman–Crippen LogP) is 4.31. The zero-order valence-electron chi connectivity index (χ0n) is 8.85. The number of nitrogen functional groups attached to an aromatic ring is 1. The molecule has 3 rings (SSSR count). The Balaban J connectivity index is 2.20. The molecule has 0 atom stereocenters. The van der Waals surface area contributed by atoms with E-state index in [9.17, 15) is 0 Å². The topological polar surface area (TPSA) is 38.9 Å². The van der Waals surface area contributed by atoms with Gasteiger partial charge in [0.05, 0.1) is 10.2 Å². The first-order valence-electron chi connectivity index (χ1n) is 5.15. The highest BCUT2D eigenvalue weighted by molar-refractivity contribution is 9.10. The molecule has 0 aliphatic rings. The SMILES string of the molecule is Nc1cc(Br)ccc1-c1nc2ccccc2s1. The van der Waals surface area contributed by atoms with E-state index < -0.39 is 0 Å². The highest BCUT2D eigenvalue weighted by Crippen LogP contribution is 2.34. The summed E-state index contributed by atoms with van der Waals surface area (Å²) >= 11 is 5.07. The first-order valence-corrected chi connectivity index (χ1v) is 6.76. The molecule has 0 aliphatic heterocycles. The monoisotopic (exact) mass is 304 g/mol. The van der Waals surface area contributed by atoms with E-state index in [1.54, 1.807) is 11.3 Å². The number of hydrogen-bond acceptors (Lipinski definition) is 3. The van der Waals surface area contributed by atoms with Gasteiger partial charge in [0.25, 0.3) is 0 Å². The fourth-order valence-electron chi connectivity index (χ4n) is 1.72. The molecule has 0 unspecified atom stereocenters. The first-order chi connectivity index (χ1) is 8.24. The predicted molar refractivity (Wildman–Crippen MR) is 77.2 cm³/mol. The average Bonchev–Trinajstić information content (AvgIpc) is 2.72. The Morgan fingerprint density at radius 3 is 2.71 bits per heavy atom. The van der Waals surface area contributed by atoms with Crippen LogP contribution in [-0.4, -0.2) is 4.98 Å². The lowest BCUT2D eigenvalue weighted by Crippen LogP contribution is -1.89. The van der Waals surface area contributed by atoms with Gasteiger partial charge >= 0.3 is 0 Å². The maximum absolute atomic E-state index is 6.01. The Labute approximate surface area is 111 Å². The van der Waals surface area contributed by atoms with E-state index in [0.29, 0.717) is 0 Å². The maximum atomic E-state index is 6.01. The molecule has 4 heteroatoms. The molecular formula is C13H9BrN2S. The second kappa shape index (κ2) is 4.13. The Bertz CT molecular complexity index is 658. The van der Waals surface area contributed by atoms with Gasteiger partial charge in [-0.1, -0.05) is 28.1 Å². The minimum Gasteiger partial charge on any atom is -0.398 e. The Kier molecular flexibility index (Phi) is 2.61. The molecule has 0 bridgehead atoms. The normalized spacial score (nSPS) is 10.9. The van der Waals surface area contributed by atoms with Crippen LogP contribution in [0.3, 0.4) is 0 Å². The van der Waals surface area contributed by atoms with E-state index in [2.05, 4.69) is 27.0 Å². The van der Waals surface area contributed by atoms with Crippen LogP contribution in [0.2, 0.25) is 0 Å². The summed E-state index contributed by atoms with van der Waals surface area (Å²) in [7, 11) is 0. The molecule has 2 nitrogen and oxygen atoms in total. The molecule has 3 aromatic rings. The van der Waals surface area contributed by atoms with Crippen molar-refractivity contribution >= 4 is 43.2 Å². The molecule has 1 aromatic heterocycles. The van der Waals surface area contributed by atoms with Crippen LogP contribution in [0.4, 0.5) is 5.69 Å². The molecule has 0 radical (unpaired) electrons. The molecule has 2 N–H and O–H groups in total. The number of hydrogen-bond donors (Lipinski definition) is 1. The fourth-order valence-corrected chi connectivity index (χ4v) is 3.11. The van der Waals surface area contributed by atoms with Gasteiger partial charge in [-0.15, -0.1) is 11.3 Å². The van der Waals surface area contributed by atoms with Gasteiger partial charge in [-0.25, -0.2) is 4.98 Å². The van der Waals surface area contributed by atoms with Crippen molar-refractivity contribution in [3.05, 3.63) is 46.9 Å². The minimum absolute atomic E-state index is 0.749. The molecule has 17 heavy (non-hydrogen) atoms. The fraction of sp³-hybridized carbons (Fsp3) is 0. The highest BCUT2D eigenvalue weighted by atomic mass is 79.9. The molecule has 84 valence electrons. The van der Waals surface area contributed by atoms with Gasteiger partial charge in [-0.2, -0.15) is 0 Å². The lowest BCUT2D eigenvalue weighted by Gasteiger charge is -2.01. The quantitative estimate of drug-likeness (QED) is 0.680. The zero-order valence-corrected chi connectivity index (χ0v) is 11.3. The van der Waals surface area contributed by atoms with Crippen LogP contribution in [0.5, 0.6) is 0 Å². The molecule has 2 aromatic carbocycles. The first kappa shape index (κ1) is 10.7. The summed E-state index contributed by atoms with van der Waals surface area (Å²) < 4.78 is 2.17. The van der Waals surface area contributed by atoms with Crippen LogP contribution in [0.25, 0.3) is 20.8 Å². The molecule has 0 fully saturated rings. The van der Waals surface area contributed by atoms with Crippen molar-refractivity contribution in [2.24, 2.45) is 0 Å². The molecule has 1 heterocycles. The number of anilines is 1. The zero-order chi connectivity index (χ0) is 11.8. The number of thiazole rings is 1. The van der Waals surface area contributed by atoms with E-state index in [4.69, 9.17) is 5.73 Å². The Hall–Kier alpha value is -1.39. The van der Waals surface area contributed by atoms with Gasteiger partial charge in [0, 0.05) is 15.7 Å².